The number of anilines is 1. The number of methoxy groups -OCH3 is 1. The highest BCUT2D eigenvalue weighted by Gasteiger charge is 2.08. The van der Waals surface area contributed by atoms with Crippen molar-refractivity contribution in [2.45, 2.75) is 12.8 Å². The molecular formula is C24H25NO4. The van der Waals surface area contributed by atoms with Crippen molar-refractivity contribution in [3.63, 3.8) is 0 Å². The minimum Gasteiger partial charge on any atom is -0.494 e. The van der Waals surface area contributed by atoms with Gasteiger partial charge in [-0.15, -0.1) is 0 Å². The van der Waals surface area contributed by atoms with Gasteiger partial charge in [-0.1, -0.05) is 48.5 Å². The molecule has 0 radical (unpaired) electrons. The van der Waals surface area contributed by atoms with Crippen LogP contribution in [0.3, 0.4) is 0 Å². The van der Waals surface area contributed by atoms with Crippen molar-refractivity contribution in [3.05, 3.63) is 84.4 Å². The van der Waals surface area contributed by atoms with Gasteiger partial charge in [0.15, 0.2) is 18.1 Å². The second kappa shape index (κ2) is 10.8. The second-order valence-corrected chi connectivity index (χ2v) is 6.45. The molecule has 0 bridgehead atoms. The van der Waals surface area contributed by atoms with Crippen LogP contribution < -0.4 is 19.5 Å². The summed E-state index contributed by atoms with van der Waals surface area (Å²) in [6.07, 6.45) is 1.89. The number of amides is 1. The van der Waals surface area contributed by atoms with E-state index in [9.17, 15) is 4.79 Å². The van der Waals surface area contributed by atoms with Gasteiger partial charge in [0.1, 0.15) is 5.75 Å². The smallest absolute Gasteiger partial charge is 0.262 e. The Hall–Kier alpha value is -3.47. The van der Waals surface area contributed by atoms with Crippen LogP contribution in [0.1, 0.15) is 12.0 Å². The molecule has 0 aliphatic heterocycles. The topological polar surface area (TPSA) is 56.8 Å². The Labute approximate surface area is 171 Å². The number of ether oxygens (including phenoxy) is 3. The minimum atomic E-state index is -0.253. The standard InChI is InChI=1S/C24H25NO4/c1-27-22-14-5-6-15-23(22)29-18-24(26)25-20-12-7-13-21(17-20)28-16-8-11-19-9-3-2-4-10-19/h2-7,9-10,12-15,17H,8,11,16,18H2,1H3,(H,25,26). The van der Waals surface area contributed by atoms with Crippen LogP contribution in [-0.4, -0.2) is 26.2 Å². The lowest BCUT2D eigenvalue weighted by Crippen LogP contribution is -2.20. The van der Waals surface area contributed by atoms with Crippen molar-refractivity contribution >= 4 is 11.6 Å². The van der Waals surface area contributed by atoms with E-state index in [0.29, 0.717) is 23.8 Å². The number of para-hydroxylation sites is 2. The lowest BCUT2D eigenvalue weighted by atomic mass is 10.1. The predicted molar refractivity (Wildman–Crippen MR) is 114 cm³/mol. The summed E-state index contributed by atoms with van der Waals surface area (Å²) < 4.78 is 16.6. The lowest BCUT2D eigenvalue weighted by molar-refractivity contribution is -0.118. The van der Waals surface area contributed by atoms with E-state index in [1.165, 1.54) is 5.56 Å². The molecule has 0 heterocycles. The first kappa shape index (κ1) is 20.3. The highest BCUT2D eigenvalue weighted by molar-refractivity contribution is 5.92. The van der Waals surface area contributed by atoms with E-state index in [2.05, 4.69) is 17.4 Å². The van der Waals surface area contributed by atoms with E-state index >= 15 is 0 Å². The van der Waals surface area contributed by atoms with Crippen LogP contribution in [0.25, 0.3) is 0 Å². The molecule has 29 heavy (non-hydrogen) atoms. The van der Waals surface area contributed by atoms with Crippen LogP contribution in [0.15, 0.2) is 78.9 Å². The average Bonchev–Trinajstić information content (AvgIpc) is 2.76. The van der Waals surface area contributed by atoms with E-state index in [4.69, 9.17) is 14.2 Å². The Kier molecular flexibility index (Phi) is 7.52. The highest BCUT2D eigenvalue weighted by Crippen LogP contribution is 2.25. The Bertz CT molecular complexity index is 912. The van der Waals surface area contributed by atoms with Crippen LogP contribution in [0.4, 0.5) is 5.69 Å². The van der Waals surface area contributed by atoms with Crippen molar-refractivity contribution in [2.75, 3.05) is 25.6 Å². The van der Waals surface area contributed by atoms with Gasteiger partial charge in [-0.25, -0.2) is 0 Å². The summed E-state index contributed by atoms with van der Waals surface area (Å²) in [5.74, 6) is 1.59. The van der Waals surface area contributed by atoms with Gasteiger partial charge in [0, 0.05) is 11.8 Å². The zero-order valence-corrected chi connectivity index (χ0v) is 16.5. The van der Waals surface area contributed by atoms with Crippen LogP contribution in [0, 0.1) is 0 Å². The third-order valence-corrected chi connectivity index (χ3v) is 4.27. The quantitative estimate of drug-likeness (QED) is 0.508. The van der Waals surface area contributed by atoms with Gasteiger partial charge in [-0.3, -0.25) is 4.79 Å². The summed E-state index contributed by atoms with van der Waals surface area (Å²) >= 11 is 0. The summed E-state index contributed by atoms with van der Waals surface area (Å²) in [7, 11) is 1.56. The van der Waals surface area contributed by atoms with Gasteiger partial charge < -0.3 is 19.5 Å². The van der Waals surface area contributed by atoms with Crippen molar-refractivity contribution in [1.82, 2.24) is 0 Å². The van der Waals surface area contributed by atoms with E-state index in [1.807, 2.05) is 54.6 Å². The number of benzene rings is 3. The Morgan fingerprint density at radius 1 is 0.862 bits per heavy atom. The van der Waals surface area contributed by atoms with Gasteiger partial charge in [0.2, 0.25) is 0 Å². The average molecular weight is 391 g/mol. The molecule has 0 saturated heterocycles. The molecule has 1 amide bonds. The van der Waals surface area contributed by atoms with Crippen molar-refractivity contribution in [1.29, 1.82) is 0 Å². The molecule has 0 atom stereocenters. The molecule has 3 aromatic carbocycles. The number of hydrogen-bond donors (Lipinski definition) is 1. The van der Waals surface area contributed by atoms with E-state index < -0.39 is 0 Å². The zero-order valence-electron chi connectivity index (χ0n) is 16.5. The summed E-state index contributed by atoms with van der Waals surface area (Å²) in [4.78, 5) is 12.2. The Balaban J connectivity index is 1.44. The molecule has 5 heteroatoms. The molecule has 150 valence electrons. The molecule has 0 fully saturated rings. The van der Waals surface area contributed by atoms with Gasteiger partial charge in [-0.05, 0) is 42.7 Å². The fourth-order valence-corrected chi connectivity index (χ4v) is 2.85. The van der Waals surface area contributed by atoms with Crippen LogP contribution in [0.2, 0.25) is 0 Å². The fourth-order valence-electron chi connectivity index (χ4n) is 2.85. The molecule has 0 aliphatic carbocycles. The molecule has 0 aromatic heterocycles. The third kappa shape index (κ3) is 6.57. The largest absolute Gasteiger partial charge is 0.494 e. The molecular weight excluding hydrogens is 366 g/mol. The molecule has 0 saturated carbocycles. The molecule has 0 aliphatic rings. The third-order valence-electron chi connectivity index (χ3n) is 4.27. The summed E-state index contributed by atoms with van der Waals surface area (Å²) in [5.41, 5.74) is 1.96. The number of aryl methyl sites for hydroxylation is 1. The van der Waals surface area contributed by atoms with Gasteiger partial charge in [-0.2, -0.15) is 0 Å². The number of rotatable bonds is 10. The molecule has 0 unspecified atom stereocenters. The highest BCUT2D eigenvalue weighted by atomic mass is 16.5. The minimum absolute atomic E-state index is 0.109. The van der Waals surface area contributed by atoms with E-state index in [1.54, 1.807) is 19.2 Å². The molecule has 3 aromatic rings. The molecule has 3 rings (SSSR count). The van der Waals surface area contributed by atoms with E-state index in [-0.39, 0.29) is 12.5 Å². The first-order chi connectivity index (χ1) is 14.2. The van der Waals surface area contributed by atoms with Crippen LogP contribution >= 0.6 is 0 Å². The van der Waals surface area contributed by atoms with Crippen molar-refractivity contribution in [2.24, 2.45) is 0 Å². The first-order valence-corrected chi connectivity index (χ1v) is 9.57. The monoisotopic (exact) mass is 391 g/mol. The lowest BCUT2D eigenvalue weighted by Gasteiger charge is -2.11. The van der Waals surface area contributed by atoms with Gasteiger partial charge >= 0.3 is 0 Å². The first-order valence-electron chi connectivity index (χ1n) is 9.57. The van der Waals surface area contributed by atoms with Crippen molar-refractivity contribution in [3.8, 4) is 17.2 Å². The van der Waals surface area contributed by atoms with Crippen molar-refractivity contribution < 1.29 is 19.0 Å². The summed E-state index contributed by atoms with van der Waals surface area (Å²) in [6.45, 7) is 0.506. The summed E-state index contributed by atoms with van der Waals surface area (Å²) in [6, 6.07) is 24.9. The van der Waals surface area contributed by atoms with Crippen LogP contribution in [-0.2, 0) is 11.2 Å². The fraction of sp³-hybridized carbons (Fsp3) is 0.208. The number of carbonyl (C=O) groups is 1. The normalized spacial score (nSPS) is 10.2. The maximum Gasteiger partial charge on any atom is 0.262 e. The van der Waals surface area contributed by atoms with Gasteiger partial charge in [0.25, 0.3) is 5.91 Å². The Morgan fingerprint density at radius 3 is 2.41 bits per heavy atom. The van der Waals surface area contributed by atoms with Crippen LogP contribution in [0.5, 0.6) is 17.2 Å². The molecule has 1 N–H and O–H groups in total. The SMILES string of the molecule is COc1ccccc1OCC(=O)Nc1cccc(OCCCc2ccccc2)c1. The summed E-state index contributed by atoms with van der Waals surface area (Å²) in [5, 5.41) is 2.82. The number of hydrogen-bond acceptors (Lipinski definition) is 4. The predicted octanol–water partition coefficient (Wildman–Crippen LogP) is 4.72. The maximum atomic E-state index is 12.2. The van der Waals surface area contributed by atoms with Gasteiger partial charge in [0.05, 0.1) is 13.7 Å². The number of carbonyl (C=O) groups excluding carboxylic acids is 1. The Morgan fingerprint density at radius 2 is 1.62 bits per heavy atom. The molecule has 5 nitrogen and oxygen atoms in total. The van der Waals surface area contributed by atoms with E-state index in [0.717, 1.165) is 18.6 Å². The maximum absolute atomic E-state index is 12.2. The molecule has 0 spiro atoms. The number of nitrogens with one attached hydrogen (secondary N) is 1. The second-order valence-electron chi connectivity index (χ2n) is 6.45. The zero-order chi connectivity index (χ0) is 20.3.